The van der Waals surface area contributed by atoms with Gasteiger partial charge in [-0.25, -0.2) is 0 Å². The second-order valence-electron chi connectivity index (χ2n) is 8.67. The van der Waals surface area contributed by atoms with Crippen LogP contribution < -0.4 is 0 Å². The van der Waals surface area contributed by atoms with Crippen LogP contribution in [0.25, 0.3) is 6.08 Å². The van der Waals surface area contributed by atoms with Gasteiger partial charge in [0.05, 0.1) is 23.9 Å². The maximum atomic E-state index is 13.1. The molecule has 168 valence electrons. The zero-order valence-electron chi connectivity index (χ0n) is 18.7. The molecule has 0 atom stereocenters. The highest BCUT2D eigenvalue weighted by Gasteiger charge is 2.34. The molecular weight excluding hydrogens is 434 g/mol. The molecule has 0 radical (unpaired) electrons. The average molecular weight is 460 g/mol. The first kappa shape index (κ1) is 22.6. The van der Waals surface area contributed by atoms with Crippen LogP contribution in [0.15, 0.2) is 86.5 Å². The van der Waals surface area contributed by atoms with Crippen molar-refractivity contribution in [2.24, 2.45) is 10.2 Å². The number of phenolic OH excluding ortho intramolecular Hbond substituents is 1. The summed E-state index contributed by atoms with van der Waals surface area (Å²) in [4.78, 5) is 15.2. The van der Waals surface area contributed by atoms with Crippen LogP contribution in [0.2, 0.25) is 0 Å². The second kappa shape index (κ2) is 9.50. The fourth-order valence-electron chi connectivity index (χ4n) is 3.22. The highest BCUT2D eigenvalue weighted by atomic mass is 32.2. The largest absolute Gasteiger partial charge is 0.508 e. The summed E-state index contributed by atoms with van der Waals surface area (Å²) in [7, 11) is 0. The summed E-state index contributed by atoms with van der Waals surface area (Å²) in [5.41, 5.74) is 3.07. The van der Waals surface area contributed by atoms with Crippen molar-refractivity contribution in [2.75, 3.05) is 0 Å². The molecule has 1 aliphatic heterocycles. The predicted octanol–water partition coefficient (Wildman–Crippen LogP) is 5.79. The minimum absolute atomic E-state index is 0.0866. The van der Waals surface area contributed by atoms with Gasteiger partial charge < -0.3 is 9.52 Å². The Balaban J connectivity index is 1.58. The standard InChI is InChI=1S/C26H25N3O3S/c1-26(2,3)20-10-6-19(7-11-20)16-27-28-25-29(17-22-5-4-14-32-22)24(31)23(33-25)15-18-8-12-21(30)13-9-18/h4-16,30H,17H2,1-3H3/b23-15-,27-16-,28-25+. The van der Waals surface area contributed by atoms with Crippen molar-refractivity contribution >= 4 is 35.1 Å². The average Bonchev–Trinajstić information content (AvgIpc) is 3.39. The molecule has 1 saturated heterocycles. The Labute approximate surface area is 197 Å². The Morgan fingerprint density at radius 3 is 2.36 bits per heavy atom. The molecule has 0 unspecified atom stereocenters. The summed E-state index contributed by atoms with van der Waals surface area (Å²) in [6.07, 6.45) is 5.03. The SMILES string of the molecule is CC(C)(C)c1ccc(/C=N\N=C2\S/C(=C\c3ccc(O)cc3)C(=O)N2Cc2ccco2)cc1. The maximum Gasteiger partial charge on any atom is 0.267 e. The Morgan fingerprint density at radius 2 is 1.73 bits per heavy atom. The van der Waals surface area contributed by atoms with E-state index < -0.39 is 0 Å². The normalized spacial score (nSPS) is 17.1. The van der Waals surface area contributed by atoms with Gasteiger partial charge in [0.25, 0.3) is 5.91 Å². The zero-order valence-corrected chi connectivity index (χ0v) is 19.5. The van der Waals surface area contributed by atoms with Crippen molar-refractivity contribution in [3.8, 4) is 5.75 Å². The van der Waals surface area contributed by atoms with Crippen LogP contribution in [-0.4, -0.2) is 27.3 Å². The van der Waals surface area contributed by atoms with E-state index in [1.165, 1.54) is 17.3 Å². The van der Waals surface area contributed by atoms with Crippen LogP contribution in [0.4, 0.5) is 0 Å². The topological polar surface area (TPSA) is 78.4 Å². The summed E-state index contributed by atoms with van der Waals surface area (Å²) in [6, 6.07) is 18.5. The summed E-state index contributed by atoms with van der Waals surface area (Å²) >= 11 is 1.26. The monoisotopic (exact) mass is 459 g/mol. The van der Waals surface area contributed by atoms with E-state index >= 15 is 0 Å². The van der Waals surface area contributed by atoms with Crippen molar-refractivity contribution in [2.45, 2.75) is 32.7 Å². The highest BCUT2D eigenvalue weighted by molar-refractivity contribution is 8.18. The van der Waals surface area contributed by atoms with Crippen LogP contribution in [-0.2, 0) is 16.8 Å². The van der Waals surface area contributed by atoms with Crippen molar-refractivity contribution in [3.63, 3.8) is 0 Å². The smallest absolute Gasteiger partial charge is 0.267 e. The first-order chi connectivity index (χ1) is 15.8. The van der Waals surface area contributed by atoms with Gasteiger partial charge in [-0.3, -0.25) is 9.69 Å². The van der Waals surface area contributed by atoms with Gasteiger partial charge in [-0.05, 0) is 64.2 Å². The molecular formula is C26H25N3O3S. The van der Waals surface area contributed by atoms with Crippen molar-refractivity contribution in [1.29, 1.82) is 0 Å². The van der Waals surface area contributed by atoms with Gasteiger partial charge in [-0.2, -0.15) is 5.10 Å². The number of hydrogen-bond acceptors (Lipinski definition) is 6. The van der Waals surface area contributed by atoms with Crippen LogP contribution in [0.3, 0.4) is 0 Å². The molecule has 0 aliphatic carbocycles. The van der Waals surface area contributed by atoms with E-state index in [0.717, 1.165) is 11.1 Å². The van der Waals surface area contributed by atoms with Gasteiger partial charge in [0.1, 0.15) is 11.5 Å². The molecule has 1 N–H and O–H groups in total. The fourth-order valence-corrected chi connectivity index (χ4v) is 4.15. The van der Waals surface area contributed by atoms with E-state index in [4.69, 9.17) is 4.42 Å². The summed E-state index contributed by atoms with van der Waals surface area (Å²) < 4.78 is 5.43. The molecule has 0 bridgehead atoms. The molecule has 1 aromatic heterocycles. The Morgan fingerprint density at radius 1 is 1.03 bits per heavy atom. The molecule has 7 heteroatoms. The van der Waals surface area contributed by atoms with E-state index in [0.29, 0.717) is 15.8 Å². The van der Waals surface area contributed by atoms with Gasteiger partial charge in [0, 0.05) is 0 Å². The number of carbonyl (C=O) groups excluding carboxylic acids is 1. The fraction of sp³-hybridized carbons (Fsp3) is 0.192. The van der Waals surface area contributed by atoms with E-state index in [9.17, 15) is 9.90 Å². The van der Waals surface area contributed by atoms with Crippen LogP contribution in [0.5, 0.6) is 5.75 Å². The lowest BCUT2D eigenvalue weighted by Crippen LogP contribution is -2.28. The lowest BCUT2D eigenvalue weighted by atomic mass is 9.87. The van der Waals surface area contributed by atoms with Crippen LogP contribution in [0, 0.1) is 0 Å². The molecule has 6 nitrogen and oxygen atoms in total. The number of phenols is 1. The van der Waals surface area contributed by atoms with E-state index in [1.807, 2.05) is 18.2 Å². The molecule has 4 rings (SSSR count). The minimum atomic E-state index is -0.173. The highest BCUT2D eigenvalue weighted by Crippen LogP contribution is 2.34. The van der Waals surface area contributed by atoms with E-state index in [1.54, 1.807) is 53.8 Å². The van der Waals surface area contributed by atoms with Crippen LogP contribution >= 0.6 is 11.8 Å². The lowest BCUT2D eigenvalue weighted by molar-refractivity contribution is -0.122. The van der Waals surface area contributed by atoms with Gasteiger partial charge in [0.15, 0.2) is 5.17 Å². The first-order valence-electron chi connectivity index (χ1n) is 10.5. The second-order valence-corrected chi connectivity index (χ2v) is 9.68. The number of carbonyl (C=O) groups is 1. The maximum absolute atomic E-state index is 13.1. The molecule has 1 aliphatic rings. The quantitative estimate of drug-likeness (QED) is 0.298. The summed E-state index contributed by atoms with van der Waals surface area (Å²) in [5.74, 6) is 0.659. The van der Waals surface area contributed by atoms with Gasteiger partial charge in [-0.15, -0.1) is 5.10 Å². The summed E-state index contributed by atoms with van der Waals surface area (Å²) in [6.45, 7) is 6.79. The summed E-state index contributed by atoms with van der Waals surface area (Å²) in [5, 5.41) is 18.6. The molecule has 1 fully saturated rings. The number of aromatic hydroxyl groups is 1. The van der Waals surface area contributed by atoms with E-state index in [-0.39, 0.29) is 23.6 Å². The number of benzene rings is 2. The molecule has 0 spiro atoms. The van der Waals surface area contributed by atoms with Crippen molar-refractivity contribution in [1.82, 2.24) is 4.90 Å². The molecule has 2 aromatic carbocycles. The van der Waals surface area contributed by atoms with Crippen molar-refractivity contribution in [3.05, 3.63) is 94.3 Å². The Kier molecular flexibility index (Phi) is 6.51. The van der Waals surface area contributed by atoms with Gasteiger partial charge in [-0.1, -0.05) is 57.2 Å². The predicted molar refractivity (Wildman–Crippen MR) is 133 cm³/mol. The van der Waals surface area contributed by atoms with Gasteiger partial charge in [0.2, 0.25) is 0 Å². The van der Waals surface area contributed by atoms with E-state index in [2.05, 4.69) is 43.1 Å². The molecule has 0 saturated carbocycles. The number of amides is 1. The number of furan rings is 1. The number of hydrogen-bond donors (Lipinski definition) is 1. The molecule has 33 heavy (non-hydrogen) atoms. The van der Waals surface area contributed by atoms with Crippen molar-refractivity contribution < 1.29 is 14.3 Å². The third-order valence-electron chi connectivity index (χ3n) is 5.10. The van der Waals surface area contributed by atoms with Crippen LogP contribution in [0.1, 0.15) is 43.2 Å². The lowest BCUT2D eigenvalue weighted by Gasteiger charge is -2.18. The molecule has 1 amide bonds. The first-order valence-corrected chi connectivity index (χ1v) is 11.4. The minimum Gasteiger partial charge on any atom is -0.508 e. The zero-order chi connectivity index (χ0) is 23.4. The van der Waals surface area contributed by atoms with Gasteiger partial charge >= 0.3 is 0 Å². The number of nitrogens with zero attached hydrogens (tertiary/aromatic N) is 3. The third kappa shape index (κ3) is 5.62. The Hall–Kier alpha value is -3.58. The molecule has 2 heterocycles. The third-order valence-corrected chi connectivity index (χ3v) is 6.10. The number of amidine groups is 1. The number of thioether (sulfide) groups is 1. The number of rotatable bonds is 5. The molecule has 3 aromatic rings. The Bertz CT molecular complexity index is 1200.